The van der Waals surface area contributed by atoms with Crippen LogP contribution in [0.4, 0.5) is 0 Å². The summed E-state index contributed by atoms with van der Waals surface area (Å²) in [6.07, 6.45) is 3.54. The number of likely N-dealkylation sites (N-methyl/N-ethyl adjacent to an activating group) is 1. The van der Waals surface area contributed by atoms with Crippen molar-refractivity contribution in [2.24, 2.45) is 0 Å². The van der Waals surface area contributed by atoms with Crippen LogP contribution in [-0.2, 0) is 0 Å². The molecule has 0 amide bonds. The molecule has 4 heteroatoms. The summed E-state index contributed by atoms with van der Waals surface area (Å²) in [4.78, 5) is 10.7. The average Bonchev–Trinajstić information content (AvgIpc) is 2.53. The number of pyridine rings is 2. The Kier molecular flexibility index (Phi) is 5.65. The van der Waals surface area contributed by atoms with E-state index in [1.165, 1.54) is 6.54 Å². The summed E-state index contributed by atoms with van der Waals surface area (Å²) in [6.45, 7) is 5.74. The molecule has 1 N–H and O–H groups in total. The van der Waals surface area contributed by atoms with Crippen LogP contribution < -0.4 is 5.32 Å². The van der Waals surface area contributed by atoms with Gasteiger partial charge in [-0.2, -0.15) is 0 Å². The lowest BCUT2D eigenvalue weighted by molar-refractivity contribution is 0.215. The fraction of sp³-hybridized carbons (Fsp3) is 0.375. The summed E-state index contributed by atoms with van der Waals surface area (Å²) in [7, 11) is 2.17. The van der Waals surface area contributed by atoms with E-state index in [1.54, 1.807) is 12.4 Å². The third kappa shape index (κ3) is 4.40. The first kappa shape index (κ1) is 14.6. The number of aromatic nitrogens is 2. The highest BCUT2D eigenvalue weighted by atomic mass is 15.2. The van der Waals surface area contributed by atoms with Crippen molar-refractivity contribution in [3.05, 3.63) is 48.8 Å². The second kappa shape index (κ2) is 7.72. The Bertz CT molecular complexity index is 439. The molecule has 3 heterocycles. The number of hydrogen-bond donors (Lipinski definition) is 1. The second-order valence-corrected chi connectivity index (χ2v) is 4.96. The number of nitrogens with one attached hydrogen (secondary N) is 1. The van der Waals surface area contributed by atoms with E-state index in [0.717, 1.165) is 30.5 Å². The molecule has 2 aromatic heterocycles. The summed E-state index contributed by atoms with van der Waals surface area (Å²) in [5, 5.41) is 3.32. The largest absolute Gasteiger partial charge is 0.314 e. The molecule has 1 fully saturated rings. The molecular weight excluding hydrogens is 248 g/mol. The molecule has 20 heavy (non-hydrogen) atoms. The molecule has 0 aromatic carbocycles. The van der Waals surface area contributed by atoms with E-state index in [2.05, 4.69) is 34.2 Å². The lowest BCUT2D eigenvalue weighted by Crippen LogP contribution is -2.47. The number of hydrogen-bond acceptors (Lipinski definition) is 4. The Hall–Kier alpha value is -1.78. The zero-order valence-electron chi connectivity index (χ0n) is 12.2. The first-order chi connectivity index (χ1) is 9.77. The Labute approximate surface area is 120 Å². The quantitative estimate of drug-likeness (QED) is 0.861. The third-order valence-electron chi connectivity index (χ3n) is 3.43. The van der Waals surface area contributed by atoms with Crippen molar-refractivity contribution in [1.82, 2.24) is 20.2 Å². The Morgan fingerprint density at radius 1 is 1.05 bits per heavy atom. The minimum Gasteiger partial charge on any atom is -0.314 e. The number of piperazine rings is 1. The third-order valence-corrected chi connectivity index (χ3v) is 3.43. The van der Waals surface area contributed by atoms with Gasteiger partial charge < -0.3 is 10.2 Å². The highest BCUT2D eigenvalue weighted by Crippen LogP contribution is 2.10. The molecule has 3 rings (SSSR count). The zero-order chi connectivity index (χ0) is 14.2. The van der Waals surface area contributed by atoms with Gasteiger partial charge in [0.25, 0.3) is 0 Å². The van der Waals surface area contributed by atoms with E-state index < -0.39 is 0 Å². The van der Waals surface area contributed by atoms with Crippen LogP contribution in [0.15, 0.2) is 48.8 Å². The predicted octanol–water partition coefficient (Wildman–Crippen LogP) is 2.05. The molecule has 2 aromatic rings. The second-order valence-electron chi connectivity index (χ2n) is 4.96. The molecule has 0 aliphatic carbocycles. The first-order valence-corrected chi connectivity index (χ1v) is 7.01. The van der Waals surface area contributed by atoms with Gasteiger partial charge in [-0.05, 0) is 38.2 Å². The van der Waals surface area contributed by atoms with Gasteiger partial charge in [0.1, 0.15) is 0 Å². The molecule has 0 saturated carbocycles. The van der Waals surface area contributed by atoms with Gasteiger partial charge in [-0.3, -0.25) is 9.97 Å². The Morgan fingerprint density at radius 2 is 1.65 bits per heavy atom. The molecule has 106 valence electrons. The maximum absolute atomic E-state index is 4.19. The van der Waals surface area contributed by atoms with Crippen molar-refractivity contribution in [3.63, 3.8) is 0 Å². The van der Waals surface area contributed by atoms with Gasteiger partial charge in [-0.1, -0.05) is 12.1 Å². The fourth-order valence-corrected chi connectivity index (χ4v) is 1.97. The van der Waals surface area contributed by atoms with Gasteiger partial charge in [0.05, 0.1) is 11.4 Å². The minimum absolute atomic E-state index is 0.726. The van der Waals surface area contributed by atoms with E-state index in [1.807, 2.05) is 36.4 Å². The van der Waals surface area contributed by atoms with Crippen LogP contribution in [0.2, 0.25) is 0 Å². The first-order valence-electron chi connectivity index (χ1n) is 7.01. The van der Waals surface area contributed by atoms with Gasteiger partial charge in [0, 0.05) is 38.1 Å². The summed E-state index contributed by atoms with van der Waals surface area (Å²) < 4.78 is 0. The standard InChI is InChI=1S/C10H8N2.C6H14N2/c1-3-7-11-9(5-1)10-6-2-4-8-12-10;1-6-5-7-3-4-8(6)2/h1-8H;6-7H,3-5H2,1-2H3. The summed E-state index contributed by atoms with van der Waals surface area (Å²) >= 11 is 0. The van der Waals surface area contributed by atoms with Gasteiger partial charge >= 0.3 is 0 Å². The Balaban J connectivity index is 0.000000160. The van der Waals surface area contributed by atoms with E-state index in [9.17, 15) is 0 Å². The highest BCUT2D eigenvalue weighted by molar-refractivity contribution is 5.52. The van der Waals surface area contributed by atoms with Crippen LogP contribution in [0.25, 0.3) is 11.4 Å². The Morgan fingerprint density at radius 3 is 2.00 bits per heavy atom. The molecule has 1 saturated heterocycles. The SMILES string of the molecule is CC1CNCCN1C.c1ccc(-c2ccccn2)nc1. The molecule has 1 aliphatic rings. The molecule has 0 spiro atoms. The van der Waals surface area contributed by atoms with E-state index >= 15 is 0 Å². The van der Waals surface area contributed by atoms with Crippen molar-refractivity contribution < 1.29 is 0 Å². The average molecular weight is 270 g/mol. The lowest BCUT2D eigenvalue weighted by atomic mass is 10.2. The predicted molar refractivity (Wildman–Crippen MR) is 82.4 cm³/mol. The lowest BCUT2D eigenvalue weighted by Gasteiger charge is -2.29. The maximum atomic E-state index is 4.19. The van der Waals surface area contributed by atoms with Crippen molar-refractivity contribution in [1.29, 1.82) is 0 Å². The monoisotopic (exact) mass is 270 g/mol. The van der Waals surface area contributed by atoms with Crippen LogP contribution in [0.1, 0.15) is 6.92 Å². The normalized spacial score (nSPS) is 19.0. The van der Waals surface area contributed by atoms with Gasteiger partial charge in [-0.25, -0.2) is 0 Å². The van der Waals surface area contributed by atoms with Gasteiger partial charge in [0.2, 0.25) is 0 Å². The summed E-state index contributed by atoms with van der Waals surface area (Å²) in [6, 6.07) is 12.3. The number of nitrogens with zero attached hydrogens (tertiary/aromatic N) is 3. The molecule has 0 radical (unpaired) electrons. The fourth-order valence-electron chi connectivity index (χ4n) is 1.97. The minimum atomic E-state index is 0.726. The summed E-state index contributed by atoms with van der Waals surface area (Å²) in [5.74, 6) is 0. The van der Waals surface area contributed by atoms with Crippen LogP contribution in [-0.4, -0.2) is 47.6 Å². The van der Waals surface area contributed by atoms with E-state index in [0.29, 0.717) is 0 Å². The van der Waals surface area contributed by atoms with Crippen molar-refractivity contribution >= 4 is 0 Å². The van der Waals surface area contributed by atoms with Crippen LogP contribution in [0.3, 0.4) is 0 Å². The molecule has 4 nitrogen and oxygen atoms in total. The molecule has 1 aliphatic heterocycles. The van der Waals surface area contributed by atoms with Crippen LogP contribution in [0.5, 0.6) is 0 Å². The smallest absolute Gasteiger partial charge is 0.0886 e. The van der Waals surface area contributed by atoms with Crippen molar-refractivity contribution in [2.45, 2.75) is 13.0 Å². The maximum Gasteiger partial charge on any atom is 0.0886 e. The number of rotatable bonds is 1. The topological polar surface area (TPSA) is 41.0 Å². The van der Waals surface area contributed by atoms with E-state index in [4.69, 9.17) is 0 Å². The van der Waals surface area contributed by atoms with E-state index in [-0.39, 0.29) is 0 Å². The van der Waals surface area contributed by atoms with Gasteiger partial charge in [-0.15, -0.1) is 0 Å². The van der Waals surface area contributed by atoms with Crippen molar-refractivity contribution in [2.75, 3.05) is 26.7 Å². The van der Waals surface area contributed by atoms with Crippen LogP contribution in [0, 0.1) is 0 Å². The molecule has 1 unspecified atom stereocenters. The molecule has 1 atom stereocenters. The zero-order valence-corrected chi connectivity index (χ0v) is 12.2. The van der Waals surface area contributed by atoms with Gasteiger partial charge in [0.15, 0.2) is 0 Å². The summed E-state index contributed by atoms with van der Waals surface area (Å²) in [5.41, 5.74) is 1.83. The highest BCUT2D eigenvalue weighted by Gasteiger charge is 2.11. The van der Waals surface area contributed by atoms with Crippen LogP contribution >= 0.6 is 0 Å². The molecular formula is C16H22N4. The molecule has 0 bridgehead atoms. The van der Waals surface area contributed by atoms with Crippen molar-refractivity contribution in [3.8, 4) is 11.4 Å².